The fourth-order valence-electron chi connectivity index (χ4n) is 3.77. The molecule has 5 nitrogen and oxygen atoms in total. The Hall–Kier alpha value is -4.33. The van der Waals surface area contributed by atoms with Gasteiger partial charge in [-0.1, -0.05) is 54.6 Å². The number of nitro benzene ring substituents is 1. The predicted molar refractivity (Wildman–Crippen MR) is 126 cm³/mol. The molecule has 0 aliphatic carbocycles. The third kappa shape index (κ3) is 5.27. The average Bonchev–Trinajstić information content (AvgIpc) is 2.87. The molecule has 0 unspecified atom stereocenters. The van der Waals surface area contributed by atoms with Crippen molar-refractivity contribution in [1.29, 1.82) is 0 Å². The van der Waals surface area contributed by atoms with Crippen LogP contribution in [0.5, 0.6) is 11.5 Å². The van der Waals surface area contributed by atoms with Crippen LogP contribution < -0.4 is 9.47 Å². The van der Waals surface area contributed by atoms with E-state index in [-0.39, 0.29) is 29.0 Å². The van der Waals surface area contributed by atoms with E-state index in [0.717, 1.165) is 17.7 Å². The zero-order valence-corrected chi connectivity index (χ0v) is 18.6. The second-order valence-corrected chi connectivity index (χ2v) is 7.67. The Bertz CT molecular complexity index is 1350. The third-order valence-electron chi connectivity index (χ3n) is 5.44. The SMILES string of the molecule is COc1ccc(-c2c(-c3cccc(C(F)(F)F)c3)cccc2[N+](=O)[O-])c(OCc2ccccc2)c1. The average molecular weight is 479 g/mol. The first-order valence-electron chi connectivity index (χ1n) is 10.6. The van der Waals surface area contributed by atoms with Crippen molar-refractivity contribution in [2.45, 2.75) is 12.8 Å². The van der Waals surface area contributed by atoms with E-state index in [1.54, 1.807) is 24.3 Å². The Kier molecular flexibility index (Phi) is 6.73. The summed E-state index contributed by atoms with van der Waals surface area (Å²) in [5, 5.41) is 12.0. The Morgan fingerprint density at radius 2 is 1.60 bits per heavy atom. The Morgan fingerprint density at radius 3 is 2.29 bits per heavy atom. The Balaban J connectivity index is 1.90. The van der Waals surface area contributed by atoms with Crippen LogP contribution in [0, 0.1) is 10.1 Å². The maximum Gasteiger partial charge on any atom is 0.416 e. The maximum atomic E-state index is 13.4. The molecule has 4 aromatic carbocycles. The van der Waals surface area contributed by atoms with Gasteiger partial charge in [0.1, 0.15) is 18.1 Å². The van der Waals surface area contributed by atoms with E-state index >= 15 is 0 Å². The number of hydrogen-bond donors (Lipinski definition) is 0. The molecule has 0 bridgehead atoms. The molecule has 0 amide bonds. The van der Waals surface area contributed by atoms with Gasteiger partial charge in [0, 0.05) is 17.7 Å². The second kappa shape index (κ2) is 9.89. The minimum atomic E-state index is -4.55. The van der Waals surface area contributed by atoms with Gasteiger partial charge in [0.2, 0.25) is 0 Å². The van der Waals surface area contributed by atoms with Gasteiger partial charge in [0.15, 0.2) is 0 Å². The minimum absolute atomic E-state index is 0.155. The molecule has 4 aromatic rings. The second-order valence-electron chi connectivity index (χ2n) is 7.67. The van der Waals surface area contributed by atoms with Gasteiger partial charge in [0.05, 0.1) is 23.2 Å². The molecule has 0 radical (unpaired) electrons. The molecule has 0 aliphatic heterocycles. The van der Waals surface area contributed by atoms with E-state index < -0.39 is 16.7 Å². The molecule has 4 rings (SSSR count). The lowest BCUT2D eigenvalue weighted by atomic mass is 9.91. The molecule has 0 saturated carbocycles. The minimum Gasteiger partial charge on any atom is -0.497 e. The first kappa shape index (κ1) is 23.8. The largest absolute Gasteiger partial charge is 0.497 e. The normalized spacial score (nSPS) is 11.2. The summed E-state index contributed by atoms with van der Waals surface area (Å²) in [7, 11) is 1.48. The van der Waals surface area contributed by atoms with Crippen molar-refractivity contribution in [2.75, 3.05) is 7.11 Å². The molecule has 178 valence electrons. The molecule has 0 fully saturated rings. The van der Waals surface area contributed by atoms with Gasteiger partial charge in [0.25, 0.3) is 5.69 Å². The van der Waals surface area contributed by atoms with Gasteiger partial charge in [-0.15, -0.1) is 0 Å². The van der Waals surface area contributed by atoms with Crippen LogP contribution in [0.1, 0.15) is 11.1 Å². The van der Waals surface area contributed by atoms with Crippen LogP contribution in [-0.4, -0.2) is 12.0 Å². The summed E-state index contributed by atoms with van der Waals surface area (Å²) in [6.45, 7) is 0.181. The number of nitro groups is 1. The summed E-state index contributed by atoms with van der Waals surface area (Å²) in [6.07, 6.45) is -4.55. The molecule has 0 N–H and O–H groups in total. The van der Waals surface area contributed by atoms with Gasteiger partial charge in [-0.25, -0.2) is 0 Å². The fourth-order valence-corrected chi connectivity index (χ4v) is 3.77. The number of rotatable bonds is 7. The molecule has 0 saturated heterocycles. The van der Waals surface area contributed by atoms with Crippen LogP contribution in [0.15, 0.2) is 91.0 Å². The number of benzene rings is 4. The molecule has 8 heteroatoms. The van der Waals surface area contributed by atoms with Crippen LogP contribution in [0.2, 0.25) is 0 Å². The van der Waals surface area contributed by atoms with Gasteiger partial charge >= 0.3 is 6.18 Å². The lowest BCUT2D eigenvalue weighted by Gasteiger charge is -2.17. The highest BCUT2D eigenvalue weighted by molar-refractivity contribution is 5.92. The first-order chi connectivity index (χ1) is 16.8. The molecular formula is C27H20F3NO4. The number of ether oxygens (including phenoxy) is 2. The van der Waals surface area contributed by atoms with Crippen LogP contribution in [0.4, 0.5) is 18.9 Å². The summed E-state index contributed by atoms with van der Waals surface area (Å²) in [5.41, 5.74) is 0.770. The summed E-state index contributed by atoms with van der Waals surface area (Å²) in [6, 6.07) is 23.2. The van der Waals surface area contributed by atoms with Crippen molar-refractivity contribution in [2.24, 2.45) is 0 Å². The van der Waals surface area contributed by atoms with E-state index in [1.807, 2.05) is 30.3 Å². The topological polar surface area (TPSA) is 61.6 Å². The molecule has 0 heterocycles. The Morgan fingerprint density at radius 1 is 0.857 bits per heavy atom. The van der Waals surface area contributed by atoms with Crippen LogP contribution >= 0.6 is 0 Å². The lowest BCUT2D eigenvalue weighted by Crippen LogP contribution is -2.05. The molecule has 0 spiro atoms. The number of methoxy groups -OCH3 is 1. The smallest absolute Gasteiger partial charge is 0.416 e. The van der Waals surface area contributed by atoms with E-state index in [2.05, 4.69) is 0 Å². The van der Waals surface area contributed by atoms with Crippen molar-refractivity contribution in [3.8, 4) is 33.8 Å². The van der Waals surface area contributed by atoms with Crippen molar-refractivity contribution in [3.05, 3.63) is 112 Å². The predicted octanol–water partition coefficient (Wildman–Crippen LogP) is 7.54. The van der Waals surface area contributed by atoms with Gasteiger partial charge in [-0.2, -0.15) is 13.2 Å². The highest BCUT2D eigenvalue weighted by Gasteiger charge is 2.31. The van der Waals surface area contributed by atoms with E-state index in [1.165, 1.54) is 31.4 Å². The highest BCUT2D eigenvalue weighted by Crippen LogP contribution is 2.45. The summed E-state index contributed by atoms with van der Waals surface area (Å²) < 4.78 is 51.5. The van der Waals surface area contributed by atoms with Gasteiger partial charge in [-0.3, -0.25) is 10.1 Å². The molecule has 0 atom stereocenters. The first-order valence-corrected chi connectivity index (χ1v) is 10.6. The number of alkyl halides is 3. The van der Waals surface area contributed by atoms with Crippen LogP contribution in [0.25, 0.3) is 22.3 Å². The van der Waals surface area contributed by atoms with Crippen LogP contribution in [-0.2, 0) is 12.8 Å². The molecule has 0 aliphatic rings. The van der Waals surface area contributed by atoms with E-state index in [0.29, 0.717) is 17.1 Å². The number of hydrogen-bond acceptors (Lipinski definition) is 4. The van der Waals surface area contributed by atoms with Gasteiger partial charge < -0.3 is 9.47 Å². The zero-order chi connectivity index (χ0) is 25.0. The standard InChI is InChI=1S/C27H20F3NO4/c1-34-21-13-14-23(25(16-21)35-17-18-7-3-2-4-8-18)26-22(11-6-12-24(26)31(32)33)19-9-5-10-20(15-19)27(28,29)30/h2-16H,17H2,1H3. The number of nitrogens with zero attached hydrogens (tertiary/aromatic N) is 1. The summed E-state index contributed by atoms with van der Waals surface area (Å²) in [4.78, 5) is 11.4. The molecular weight excluding hydrogens is 459 g/mol. The molecule has 35 heavy (non-hydrogen) atoms. The van der Waals surface area contributed by atoms with Crippen LogP contribution in [0.3, 0.4) is 0 Å². The quantitative estimate of drug-likeness (QED) is 0.203. The third-order valence-corrected chi connectivity index (χ3v) is 5.44. The van der Waals surface area contributed by atoms with Gasteiger partial charge in [-0.05, 0) is 41.0 Å². The number of halogens is 3. The maximum absolute atomic E-state index is 13.4. The van der Waals surface area contributed by atoms with E-state index in [4.69, 9.17) is 9.47 Å². The van der Waals surface area contributed by atoms with Crippen molar-refractivity contribution >= 4 is 5.69 Å². The van der Waals surface area contributed by atoms with E-state index in [9.17, 15) is 23.3 Å². The molecule has 0 aromatic heterocycles. The lowest BCUT2D eigenvalue weighted by molar-refractivity contribution is -0.384. The fraction of sp³-hybridized carbons (Fsp3) is 0.111. The summed E-state index contributed by atoms with van der Waals surface area (Å²) in [5.74, 6) is 0.770. The van der Waals surface area contributed by atoms with Crippen molar-refractivity contribution < 1.29 is 27.6 Å². The van der Waals surface area contributed by atoms with Crippen molar-refractivity contribution in [3.63, 3.8) is 0 Å². The summed E-state index contributed by atoms with van der Waals surface area (Å²) >= 11 is 0. The highest BCUT2D eigenvalue weighted by atomic mass is 19.4. The monoisotopic (exact) mass is 479 g/mol. The Labute approximate surface area is 199 Å². The van der Waals surface area contributed by atoms with Crippen molar-refractivity contribution in [1.82, 2.24) is 0 Å². The zero-order valence-electron chi connectivity index (χ0n) is 18.6.